The molecule has 0 bridgehead atoms. The van der Waals surface area contributed by atoms with Crippen LogP contribution in [0.4, 0.5) is 5.82 Å². The second kappa shape index (κ2) is 6.37. The molecule has 0 aliphatic heterocycles. The summed E-state index contributed by atoms with van der Waals surface area (Å²) in [6, 6.07) is 6.62. The molecule has 0 radical (unpaired) electrons. The first kappa shape index (κ1) is 15.7. The summed E-state index contributed by atoms with van der Waals surface area (Å²) in [5.41, 5.74) is 0.821. The van der Waals surface area contributed by atoms with Gasteiger partial charge in [0, 0.05) is 18.1 Å². The highest BCUT2D eigenvalue weighted by Crippen LogP contribution is 2.28. The SMILES string of the molecule is Cc1cc(NC(=O)C(C)Oc2ccc(Cl)cc2Cl)n(C)n1. The molecule has 0 spiro atoms. The third kappa shape index (κ3) is 3.89. The van der Waals surface area contributed by atoms with Crippen LogP contribution >= 0.6 is 23.2 Å². The fraction of sp³-hybridized carbons (Fsp3) is 0.286. The Kier molecular flexibility index (Phi) is 4.75. The monoisotopic (exact) mass is 327 g/mol. The number of ether oxygens (including phenoxy) is 1. The largest absolute Gasteiger partial charge is 0.479 e. The first-order valence-corrected chi connectivity index (χ1v) is 7.05. The number of hydrogen-bond donors (Lipinski definition) is 1. The van der Waals surface area contributed by atoms with Crippen LogP contribution in [0.15, 0.2) is 24.3 Å². The summed E-state index contributed by atoms with van der Waals surface area (Å²) in [4.78, 5) is 12.1. The Hall–Kier alpha value is -1.72. The van der Waals surface area contributed by atoms with Gasteiger partial charge in [-0.1, -0.05) is 23.2 Å². The maximum absolute atomic E-state index is 12.1. The Morgan fingerprint density at radius 1 is 1.38 bits per heavy atom. The lowest BCUT2D eigenvalue weighted by atomic mass is 10.3. The summed E-state index contributed by atoms with van der Waals surface area (Å²) < 4.78 is 7.14. The average molecular weight is 328 g/mol. The smallest absolute Gasteiger partial charge is 0.266 e. The van der Waals surface area contributed by atoms with Gasteiger partial charge in [-0.2, -0.15) is 5.10 Å². The van der Waals surface area contributed by atoms with E-state index in [2.05, 4.69) is 10.4 Å². The minimum Gasteiger partial charge on any atom is -0.479 e. The number of nitrogens with one attached hydrogen (secondary N) is 1. The van der Waals surface area contributed by atoms with E-state index in [4.69, 9.17) is 27.9 Å². The highest BCUT2D eigenvalue weighted by Gasteiger charge is 2.18. The average Bonchev–Trinajstić information content (AvgIpc) is 2.71. The van der Waals surface area contributed by atoms with Gasteiger partial charge in [-0.25, -0.2) is 0 Å². The van der Waals surface area contributed by atoms with Crippen molar-refractivity contribution in [3.8, 4) is 5.75 Å². The number of carbonyl (C=O) groups is 1. The molecule has 21 heavy (non-hydrogen) atoms. The molecular weight excluding hydrogens is 313 g/mol. The standard InChI is InChI=1S/C14H15Cl2N3O2/c1-8-6-13(19(3)18-8)17-14(20)9(2)21-12-5-4-10(15)7-11(12)16/h4-7,9H,1-3H3,(H,17,20). The van der Waals surface area contributed by atoms with Gasteiger partial charge in [-0.15, -0.1) is 0 Å². The maximum atomic E-state index is 12.1. The molecule has 1 unspecified atom stereocenters. The van der Waals surface area contributed by atoms with Crippen LogP contribution in [-0.2, 0) is 11.8 Å². The van der Waals surface area contributed by atoms with E-state index < -0.39 is 6.10 Å². The molecule has 0 fully saturated rings. The van der Waals surface area contributed by atoms with Crippen molar-refractivity contribution < 1.29 is 9.53 Å². The fourth-order valence-corrected chi connectivity index (χ4v) is 2.22. The highest BCUT2D eigenvalue weighted by atomic mass is 35.5. The van der Waals surface area contributed by atoms with Gasteiger partial charge < -0.3 is 10.1 Å². The van der Waals surface area contributed by atoms with E-state index in [1.807, 2.05) is 6.92 Å². The zero-order chi connectivity index (χ0) is 15.6. The number of aryl methyl sites for hydroxylation is 2. The first-order valence-electron chi connectivity index (χ1n) is 6.30. The highest BCUT2D eigenvalue weighted by molar-refractivity contribution is 6.35. The topological polar surface area (TPSA) is 56.1 Å². The molecular formula is C14H15Cl2N3O2. The molecule has 5 nitrogen and oxygen atoms in total. The Morgan fingerprint density at radius 3 is 2.67 bits per heavy atom. The Morgan fingerprint density at radius 2 is 2.10 bits per heavy atom. The van der Waals surface area contributed by atoms with E-state index >= 15 is 0 Å². The number of anilines is 1. The van der Waals surface area contributed by atoms with E-state index in [-0.39, 0.29) is 5.91 Å². The van der Waals surface area contributed by atoms with Gasteiger partial charge in [0.05, 0.1) is 10.7 Å². The summed E-state index contributed by atoms with van der Waals surface area (Å²) in [5.74, 6) is 0.726. The lowest BCUT2D eigenvalue weighted by Crippen LogP contribution is -2.30. The van der Waals surface area contributed by atoms with E-state index in [0.717, 1.165) is 5.69 Å². The van der Waals surface area contributed by atoms with Crippen molar-refractivity contribution in [1.82, 2.24) is 9.78 Å². The van der Waals surface area contributed by atoms with Crippen molar-refractivity contribution >= 4 is 34.9 Å². The minimum absolute atomic E-state index is 0.288. The summed E-state index contributed by atoms with van der Waals surface area (Å²) in [6.45, 7) is 3.49. The van der Waals surface area contributed by atoms with Gasteiger partial charge in [-0.3, -0.25) is 9.48 Å². The predicted octanol–water partition coefficient (Wildman–Crippen LogP) is 3.44. The van der Waals surface area contributed by atoms with E-state index in [9.17, 15) is 4.79 Å². The molecule has 1 atom stereocenters. The summed E-state index contributed by atoms with van der Waals surface area (Å²) in [7, 11) is 1.75. The van der Waals surface area contributed by atoms with Crippen LogP contribution in [0.3, 0.4) is 0 Å². The van der Waals surface area contributed by atoms with Crippen LogP contribution in [0.2, 0.25) is 10.0 Å². The van der Waals surface area contributed by atoms with E-state index in [1.165, 1.54) is 0 Å². The number of rotatable bonds is 4. The molecule has 1 aromatic heterocycles. The molecule has 1 N–H and O–H groups in total. The van der Waals surface area contributed by atoms with Crippen molar-refractivity contribution in [1.29, 1.82) is 0 Å². The van der Waals surface area contributed by atoms with Gasteiger partial charge in [-0.05, 0) is 32.0 Å². The quantitative estimate of drug-likeness (QED) is 0.935. The van der Waals surface area contributed by atoms with Crippen LogP contribution in [0.1, 0.15) is 12.6 Å². The molecule has 1 aromatic carbocycles. The van der Waals surface area contributed by atoms with Crippen LogP contribution in [-0.4, -0.2) is 21.8 Å². The van der Waals surface area contributed by atoms with Crippen molar-refractivity contribution in [3.05, 3.63) is 40.0 Å². The zero-order valence-electron chi connectivity index (χ0n) is 11.9. The van der Waals surface area contributed by atoms with Gasteiger partial charge in [0.25, 0.3) is 5.91 Å². The van der Waals surface area contributed by atoms with Crippen molar-refractivity contribution in [3.63, 3.8) is 0 Å². The maximum Gasteiger partial charge on any atom is 0.266 e. The second-order valence-electron chi connectivity index (χ2n) is 4.62. The number of amides is 1. The molecule has 7 heteroatoms. The Labute approximate surface area is 132 Å². The normalized spacial score (nSPS) is 12.0. The van der Waals surface area contributed by atoms with Crippen LogP contribution in [0.5, 0.6) is 5.75 Å². The fourth-order valence-electron chi connectivity index (χ4n) is 1.77. The zero-order valence-corrected chi connectivity index (χ0v) is 13.4. The first-order chi connectivity index (χ1) is 9.86. The number of carbonyl (C=O) groups excluding carboxylic acids is 1. The lowest BCUT2D eigenvalue weighted by Gasteiger charge is -2.15. The summed E-state index contributed by atoms with van der Waals surface area (Å²) >= 11 is 11.8. The van der Waals surface area contributed by atoms with Crippen molar-refractivity contribution in [2.24, 2.45) is 7.05 Å². The number of nitrogens with zero attached hydrogens (tertiary/aromatic N) is 2. The summed E-state index contributed by atoms with van der Waals surface area (Å²) in [5, 5.41) is 7.77. The van der Waals surface area contributed by atoms with Gasteiger partial charge in [0.2, 0.25) is 0 Å². The van der Waals surface area contributed by atoms with Gasteiger partial charge in [0.15, 0.2) is 6.10 Å². The molecule has 0 saturated heterocycles. The van der Waals surface area contributed by atoms with E-state index in [1.54, 1.807) is 42.9 Å². The predicted molar refractivity (Wildman–Crippen MR) is 83.1 cm³/mol. The number of benzene rings is 1. The van der Waals surface area contributed by atoms with Crippen LogP contribution < -0.4 is 10.1 Å². The molecule has 0 aliphatic carbocycles. The van der Waals surface area contributed by atoms with Crippen molar-refractivity contribution in [2.45, 2.75) is 20.0 Å². The minimum atomic E-state index is -0.709. The third-order valence-corrected chi connectivity index (χ3v) is 3.35. The Balaban J connectivity index is 2.04. The van der Waals surface area contributed by atoms with Gasteiger partial charge in [0.1, 0.15) is 11.6 Å². The van der Waals surface area contributed by atoms with Gasteiger partial charge >= 0.3 is 0 Å². The molecule has 0 aliphatic rings. The number of hydrogen-bond acceptors (Lipinski definition) is 3. The molecule has 2 rings (SSSR count). The molecule has 1 heterocycles. The molecule has 2 aromatic rings. The number of halogens is 2. The Bertz CT molecular complexity index is 670. The van der Waals surface area contributed by atoms with E-state index in [0.29, 0.717) is 21.6 Å². The lowest BCUT2D eigenvalue weighted by molar-refractivity contribution is -0.122. The van der Waals surface area contributed by atoms with Crippen LogP contribution in [0, 0.1) is 6.92 Å². The molecule has 0 saturated carbocycles. The van der Waals surface area contributed by atoms with Crippen molar-refractivity contribution in [2.75, 3.05) is 5.32 Å². The summed E-state index contributed by atoms with van der Waals surface area (Å²) in [6.07, 6.45) is -0.709. The number of aromatic nitrogens is 2. The molecule has 1 amide bonds. The molecule has 112 valence electrons. The van der Waals surface area contributed by atoms with Crippen LogP contribution in [0.25, 0.3) is 0 Å². The second-order valence-corrected chi connectivity index (χ2v) is 5.46. The third-order valence-electron chi connectivity index (χ3n) is 2.82.